The summed E-state index contributed by atoms with van der Waals surface area (Å²) in [6.07, 6.45) is -0.392. The van der Waals surface area contributed by atoms with E-state index in [1.807, 2.05) is 6.07 Å². The Balaban J connectivity index is 2.23. The summed E-state index contributed by atoms with van der Waals surface area (Å²) in [6.45, 7) is 3.37. The Kier molecular flexibility index (Phi) is 5.92. The monoisotopic (exact) mass is 256 g/mol. The van der Waals surface area contributed by atoms with Crippen LogP contribution in [-0.2, 0) is 11.3 Å². The summed E-state index contributed by atoms with van der Waals surface area (Å²) in [4.78, 5) is 0. The van der Waals surface area contributed by atoms with Gasteiger partial charge in [0.05, 0.1) is 17.7 Å². The van der Waals surface area contributed by atoms with Gasteiger partial charge in [0.25, 0.3) is 0 Å². The van der Waals surface area contributed by atoms with Crippen LogP contribution < -0.4 is 5.32 Å². The van der Waals surface area contributed by atoms with Gasteiger partial charge >= 0.3 is 0 Å². The first-order chi connectivity index (χ1) is 8.13. The Morgan fingerprint density at radius 1 is 1.59 bits per heavy atom. The van der Waals surface area contributed by atoms with E-state index in [2.05, 4.69) is 5.32 Å². The van der Waals surface area contributed by atoms with E-state index < -0.39 is 11.9 Å². The molecule has 0 aliphatic heterocycles. The standard InChI is InChI=1S/C12H14ClFN2O/c1-9(7-15)17-5-4-16-8-10-2-3-12(14)11(13)6-10/h2-3,6,9,16H,4-5,8H2,1H3. The minimum atomic E-state index is -0.415. The first-order valence-electron chi connectivity index (χ1n) is 5.29. The van der Waals surface area contributed by atoms with Gasteiger partial charge < -0.3 is 10.1 Å². The quantitative estimate of drug-likeness (QED) is 0.796. The highest BCUT2D eigenvalue weighted by Gasteiger charge is 2.01. The van der Waals surface area contributed by atoms with Crippen LogP contribution in [0, 0.1) is 17.1 Å². The van der Waals surface area contributed by atoms with E-state index in [9.17, 15) is 4.39 Å². The van der Waals surface area contributed by atoms with Crippen molar-refractivity contribution in [3.63, 3.8) is 0 Å². The van der Waals surface area contributed by atoms with Crippen LogP contribution in [0.3, 0.4) is 0 Å². The third-order valence-corrected chi connectivity index (χ3v) is 2.43. The molecule has 1 unspecified atom stereocenters. The summed E-state index contributed by atoms with van der Waals surface area (Å²) in [5.41, 5.74) is 0.907. The van der Waals surface area contributed by atoms with Crippen LogP contribution in [0.2, 0.25) is 5.02 Å². The van der Waals surface area contributed by atoms with Crippen molar-refractivity contribution >= 4 is 11.6 Å². The minimum absolute atomic E-state index is 0.124. The number of nitrogens with one attached hydrogen (secondary N) is 1. The molecule has 17 heavy (non-hydrogen) atoms. The number of hydrogen-bond acceptors (Lipinski definition) is 3. The molecular weight excluding hydrogens is 243 g/mol. The molecule has 1 N–H and O–H groups in total. The van der Waals surface area contributed by atoms with E-state index in [-0.39, 0.29) is 5.02 Å². The molecule has 1 rings (SSSR count). The lowest BCUT2D eigenvalue weighted by atomic mass is 10.2. The van der Waals surface area contributed by atoms with Crippen molar-refractivity contribution in [1.29, 1.82) is 5.26 Å². The molecule has 0 saturated carbocycles. The van der Waals surface area contributed by atoms with E-state index >= 15 is 0 Å². The maximum Gasteiger partial charge on any atom is 0.141 e. The van der Waals surface area contributed by atoms with Crippen LogP contribution >= 0.6 is 11.6 Å². The molecule has 0 aromatic heterocycles. The van der Waals surface area contributed by atoms with Crippen molar-refractivity contribution in [3.05, 3.63) is 34.6 Å². The molecule has 0 heterocycles. The Morgan fingerprint density at radius 2 is 2.35 bits per heavy atom. The third kappa shape index (κ3) is 5.14. The molecule has 5 heteroatoms. The van der Waals surface area contributed by atoms with E-state index in [0.717, 1.165) is 5.56 Å². The Labute approximate surface area is 105 Å². The lowest BCUT2D eigenvalue weighted by molar-refractivity contribution is 0.104. The van der Waals surface area contributed by atoms with Crippen LogP contribution in [0.15, 0.2) is 18.2 Å². The lowest BCUT2D eigenvalue weighted by Crippen LogP contribution is -2.21. The average Bonchev–Trinajstić information content (AvgIpc) is 2.33. The van der Waals surface area contributed by atoms with Gasteiger partial charge in [0.15, 0.2) is 0 Å². The molecular formula is C12H14ClFN2O. The highest BCUT2D eigenvalue weighted by atomic mass is 35.5. The van der Waals surface area contributed by atoms with Gasteiger partial charge in [-0.3, -0.25) is 0 Å². The predicted molar refractivity (Wildman–Crippen MR) is 64.1 cm³/mol. The fourth-order valence-electron chi connectivity index (χ4n) is 1.23. The van der Waals surface area contributed by atoms with Crippen LogP contribution in [0.4, 0.5) is 4.39 Å². The molecule has 0 radical (unpaired) electrons. The fraction of sp³-hybridized carbons (Fsp3) is 0.417. The first-order valence-corrected chi connectivity index (χ1v) is 5.67. The molecule has 0 fully saturated rings. The average molecular weight is 257 g/mol. The highest BCUT2D eigenvalue weighted by molar-refractivity contribution is 6.30. The third-order valence-electron chi connectivity index (χ3n) is 2.14. The number of nitriles is 1. The largest absolute Gasteiger partial charge is 0.362 e. The summed E-state index contributed by atoms with van der Waals surface area (Å²) in [5, 5.41) is 11.7. The highest BCUT2D eigenvalue weighted by Crippen LogP contribution is 2.15. The van der Waals surface area contributed by atoms with Gasteiger partial charge in [-0.15, -0.1) is 0 Å². The Morgan fingerprint density at radius 3 is 3.00 bits per heavy atom. The number of rotatable bonds is 6. The molecule has 0 aliphatic carbocycles. The van der Waals surface area contributed by atoms with E-state index in [4.69, 9.17) is 21.6 Å². The summed E-state index contributed by atoms with van der Waals surface area (Å²) < 4.78 is 18.0. The maximum absolute atomic E-state index is 12.9. The lowest BCUT2D eigenvalue weighted by Gasteiger charge is -2.07. The van der Waals surface area contributed by atoms with Gasteiger partial charge in [0.1, 0.15) is 11.9 Å². The number of benzene rings is 1. The molecule has 3 nitrogen and oxygen atoms in total. The van der Waals surface area contributed by atoms with Gasteiger partial charge in [-0.2, -0.15) is 5.26 Å². The van der Waals surface area contributed by atoms with Gasteiger partial charge in [0, 0.05) is 13.1 Å². The molecule has 0 aliphatic rings. The zero-order valence-electron chi connectivity index (χ0n) is 9.54. The van der Waals surface area contributed by atoms with Crippen LogP contribution in [0.25, 0.3) is 0 Å². The second-order valence-electron chi connectivity index (χ2n) is 3.57. The summed E-state index contributed by atoms with van der Waals surface area (Å²) in [5.74, 6) is -0.415. The zero-order chi connectivity index (χ0) is 12.7. The minimum Gasteiger partial charge on any atom is -0.362 e. The molecule has 0 bridgehead atoms. The summed E-state index contributed by atoms with van der Waals surface area (Å²) >= 11 is 5.65. The van der Waals surface area contributed by atoms with E-state index in [1.54, 1.807) is 19.1 Å². The van der Waals surface area contributed by atoms with Crippen molar-refractivity contribution < 1.29 is 9.13 Å². The Hall–Kier alpha value is -1.15. The SMILES string of the molecule is CC(C#N)OCCNCc1ccc(F)c(Cl)c1. The van der Waals surface area contributed by atoms with Crippen LogP contribution in [0.1, 0.15) is 12.5 Å². The van der Waals surface area contributed by atoms with Crippen molar-refractivity contribution in [2.24, 2.45) is 0 Å². The van der Waals surface area contributed by atoms with Crippen LogP contribution in [-0.4, -0.2) is 19.3 Å². The zero-order valence-corrected chi connectivity index (χ0v) is 10.3. The molecule has 0 spiro atoms. The number of ether oxygens (including phenoxy) is 1. The van der Waals surface area contributed by atoms with Crippen molar-refractivity contribution in [2.45, 2.75) is 19.6 Å². The van der Waals surface area contributed by atoms with Crippen molar-refractivity contribution in [3.8, 4) is 6.07 Å². The van der Waals surface area contributed by atoms with Gasteiger partial charge in [-0.05, 0) is 24.6 Å². The topological polar surface area (TPSA) is 45.0 Å². The second-order valence-corrected chi connectivity index (χ2v) is 3.97. The number of halogens is 2. The smallest absolute Gasteiger partial charge is 0.141 e. The Bertz CT molecular complexity index is 406. The maximum atomic E-state index is 12.9. The molecule has 1 aromatic rings. The van der Waals surface area contributed by atoms with Gasteiger partial charge in [-0.25, -0.2) is 4.39 Å². The molecule has 1 aromatic carbocycles. The van der Waals surface area contributed by atoms with Gasteiger partial charge in [0.2, 0.25) is 0 Å². The van der Waals surface area contributed by atoms with Gasteiger partial charge in [-0.1, -0.05) is 17.7 Å². The molecule has 0 saturated heterocycles. The summed E-state index contributed by atoms with van der Waals surface area (Å²) in [7, 11) is 0. The van der Waals surface area contributed by atoms with Crippen molar-refractivity contribution in [2.75, 3.05) is 13.2 Å². The van der Waals surface area contributed by atoms with E-state index in [1.165, 1.54) is 6.07 Å². The molecule has 92 valence electrons. The second kappa shape index (κ2) is 7.23. The van der Waals surface area contributed by atoms with E-state index in [0.29, 0.717) is 19.7 Å². The normalized spacial score (nSPS) is 12.1. The first kappa shape index (κ1) is 13.9. The molecule has 1 atom stereocenters. The van der Waals surface area contributed by atoms with Crippen LogP contribution in [0.5, 0.6) is 0 Å². The number of nitrogens with zero attached hydrogens (tertiary/aromatic N) is 1. The molecule has 0 amide bonds. The van der Waals surface area contributed by atoms with Crippen molar-refractivity contribution in [1.82, 2.24) is 5.32 Å². The number of hydrogen-bond donors (Lipinski definition) is 1. The predicted octanol–water partition coefficient (Wildman–Crippen LogP) is 2.50. The summed E-state index contributed by atoms with van der Waals surface area (Å²) in [6, 6.07) is 6.58. The fourth-order valence-corrected chi connectivity index (χ4v) is 1.43.